The van der Waals surface area contributed by atoms with Gasteiger partial charge in [0.05, 0.1) is 4.90 Å². The lowest BCUT2D eigenvalue weighted by Gasteiger charge is -2.07. The van der Waals surface area contributed by atoms with Crippen LogP contribution in [0.15, 0.2) is 53.4 Å². The molecule has 0 saturated heterocycles. The SMILES string of the molecule is O=S(=O)(NCCc1ccc(CCCCO)cc1)c1ccc(F)cc1. The molecule has 0 aromatic heterocycles. The van der Waals surface area contributed by atoms with Crippen LogP contribution in [0, 0.1) is 5.82 Å². The first-order chi connectivity index (χ1) is 11.5. The van der Waals surface area contributed by atoms with Crippen molar-refractivity contribution in [1.29, 1.82) is 0 Å². The number of sulfonamides is 1. The highest BCUT2D eigenvalue weighted by atomic mass is 32.2. The van der Waals surface area contributed by atoms with Crippen LogP contribution in [0.5, 0.6) is 0 Å². The number of rotatable bonds is 9. The van der Waals surface area contributed by atoms with E-state index in [9.17, 15) is 12.8 Å². The van der Waals surface area contributed by atoms with Crippen molar-refractivity contribution in [2.24, 2.45) is 0 Å². The molecule has 0 unspecified atom stereocenters. The van der Waals surface area contributed by atoms with E-state index in [4.69, 9.17) is 5.11 Å². The van der Waals surface area contributed by atoms with Crippen LogP contribution in [-0.4, -0.2) is 26.7 Å². The summed E-state index contributed by atoms with van der Waals surface area (Å²) in [6, 6.07) is 12.8. The number of aliphatic hydroxyl groups is 1. The summed E-state index contributed by atoms with van der Waals surface area (Å²) in [6.07, 6.45) is 3.26. The van der Waals surface area contributed by atoms with Crippen LogP contribution in [0.4, 0.5) is 4.39 Å². The quantitative estimate of drug-likeness (QED) is 0.683. The molecule has 0 spiro atoms. The molecule has 0 amide bonds. The van der Waals surface area contributed by atoms with E-state index in [1.54, 1.807) is 0 Å². The number of nitrogens with one attached hydrogen (secondary N) is 1. The summed E-state index contributed by atoms with van der Waals surface area (Å²) in [4.78, 5) is 0.0585. The molecule has 130 valence electrons. The van der Waals surface area contributed by atoms with Gasteiger partial charge in [0.2, 0.25) is 10.0 Å². The van der Waals surface area contributed by atoms with Gasteiger partial charge in [-0.05, 0) is 61.1 Å². The largest absolute Gasteiger partial charge is 0.396 e. The molecular weight excluding hydrogens is 329 g/mol. The first-order valence-electron chi connectivity index (χ1n) is 7.95. The Hall–Kier alpha value is -1.76. The van der Waals surface area contributed by atoms with Crippen LogP contribution in [0.2, 0.25) is 0 Å². The first-order valence-corrected chi connectivity index (χ1v) is 9.43. The third-order valence-electron chi connectivity index (χ3n) is 3.73. The first kappa shape index (κ1) is 18.6. The summed E-state index contributed by atoms with van der Waals surface area (Å²) in [7, 11) is -3.61. The van der Waals surface area contributed by atoms with Gasteiger partial charge in [-0.2, -0.15) is 0 Å². The molecular formula is C18H22FNO3S. The molecule has 0 atom stereocenters. The standard InChI is InChI=1S/C18H22FNO3S/c19-17-8-10-18(11-9-17)24(22,23)20-13-12-16-6-4-15(5-7-16)3-1-2-14-21/h4-11,20-21H,1-3,12-14H2. The number of aliphatic hydroxyl groups excluding tert-OH is 1. The molecule has 0 aliphatic rings. The smallest absolute Gasteiger partial charge is 0.240 e. The van der Waals surface area contributed by atoms with E-state index >= 15 is 0 Å². The van der Waals surface area contributed by atoms with Crippen LogP contribution in [0.3, 0.4) is 0 Å². The summed E-state index contributed by atoms with van der Waals surface area (Å²) in [5.41, 5.74) is 2.25. The lowest BCUT2D eigenvalue weighted by atomic mass is 10.0. The van der Waals surface area contributed by atoms with Gasteiger partial charge >= 0.3 is 0 Å². The monoisotopic (exact) mass is 351 g/mol. The molecule has 0 bridgehead atoms. The van der Waals surface area contributed by atoms with E-state index in [2.05, 4.69) is 4.72 Å². The summed E-state index contributed by atoms with van der Waals surface area (Å²) >= 11 is 0. The molecule has 24 heavy (non-hydrogen) atoms. The zero-order chi connectivity index (χ0) is 17.4. The Morgan fingerprint density at radius 3 is 2.04 bits per heavy atom. The van der Waals surface area contributed by atoms with Crippen LogP contribution >= 0.6 is 0 Å². The van der Waals surface area contributed by atoms with Gasteiger partial charge < -0.3 is 5.11 Å². The lowest BCUT2D eigenvalue weighted by Crippen LogP contribution is -2.26. The summed E-state index contributed by atoms with van der Waals surface area (Å²) < 4.78 is 39.5. The van der Waals surface area contributed by atoms with Crippen molar-refractivity contribution in [3.63, 3.8) is 0 Å². The summed E-state index contributed by atoms with van der Waals surface area (Å²) in [5, 5.41) is 8.77. The molecule has 0 aliphatic heterocycles. The molecule has 2 aromatic rings. The maximum Gasteiger partial charge on any atom is 0.240 e. The minimum Gasteiger partial charge on any atom is -0.396 e. The van der Waals surface area contributed by atoms with E-state index in [1.807, 2.05) is 24.3 Å². The fourth-order valence-electron chi connectivity index (χ4n) is 2.34. The Kier molecular flexibility index (Phi) is 6.90. The third-order valence-corrected chi connectivity index (χ3v) is 5.20. The van der Waals surface area contributed by atoms with Crippen molar-refractivity contribution in [1.82, 2.24) is 4.72 Å². The predicted molar refractivity (Wildman–Crippen MR) is 91.8 cm³/mol. The zero-order valence-electron chi connectivity index (χ0n) is 13.4. The van der Waals surface area contributed by atoms with Gasteiger partial charge in [-0.25, -0.2) is 17.5 Å². The highest BCUT2D eigenvalue weighted by Crippen LogP contribution is 2.11. The minimum atomic E-state index is -3.61. The Bertz CT molecular complexity index is 728. The average molecular weight is 351 g/mol. The van der Waals surface area contributed by atoms with Crippen LogP contribution < -0.4 is 4.72 Å². The molecule has 0 saturated carbocycles. The Labute approximate surface area is 142 Å². The van der Waals surface area contributed by atoms with Crippen LogP contribution in [0.25, 0.3) is 0 Å². The van der Waals surface area contributed by atoms with Crippen molar-refractivity contribution in [2.45, 2.75) is 30.6 Å². The zero-order valence-corrected chi connectivity index (χ0v) is 14.2. The predicted octanol–water partition coefficient (Wildman–Crippen LogP) is 2.66. The Balaban J connectivity index is 1.84. The Morgan fingerprint density at radius 2 is 1.46 bits per heavy atom. The molecule has 2 N–H and O–H groups in total. The van der Waals surface area contributed by atoms with E-state index in [-0.39, 0.29) is 18.0 Å². The fourth-order valence-corrected chi connectivity index (χ4v) is 3.37. The number of hydrogen-bond acceptors (Lipinski definition) is 3. The number of unbranched alkanes of at least 4 members (excludes halogenated alkanes) is 1. The molecule has 2 aromatic carbocycles. The molecule has 0 heterocycles. The maximum atomic E-state index is 12.9. The molecule has 6 heteroatoms. The van der Waals surface area contributed by atoms with Gasteiger partial charge in [0.25, 0.3) is 0 Å². The van der Waals surface area contributed by atoms with Gasteiger partial charge in [-0.3, -0.25) is 0 Å². The fraction of sp³-hybridized carbons (Fsp3) is 0.333. The second-order valence-electron chi connectivity index (χ2n) is 5.60. The summed E-state index contributed by atoms with van der Waals surface area (Å²) in [6.45, 7) is 0.496. The van der Waals surface area contributed by atoms with Crippen LogP contribution in [0.1, 0.15) is 24.0 Å². The minimum absolute atomic E-state index is 0.0585. The van der Waals surface area contributed by atoms with Crippen molar-refractivity contribution in [3.8, 4) is 0 Å². The maximum absolute atomic E-state index is 12.9. The van der Waals surface area contributed by atoms with E-state index in [0.717, 1.165) is 37.0 Å². The highest BCUT2D eigenvalue weighted by molar-refractivity contribution is 7.89. The number of halogens is 1. The van der Waals surface area contributed by atoms with Gasteiger partial charge in [0, 0.05) is 13.2 Å². The summed E-state index contributed by atoms with van der Waals surface area (Å²) in [5.74, 6) is -0.465. The molecule has 0 fully saturated rings. The van der Waals surface area contributed by atoms with Gasteiger partial charge in [-0.15, -0.1) is 0 Å². The molecule has 0 radical (unpaired) electrons. The third kappa shape index (κ3) is 5.70. The molecule has 0 aliphatic carbocycles. The highest BCUT2D eigenvalue weighted by Gasteiger charge is 2.13. The van der Waals surface area contributed by atoms with E-state index < -0.39 is 15.8 Å². The van der Waals surface area contributed by atoms with E-state index in [1.165, 1.54) is 17.7 Å². The van der Waals surface area contributed by atoms with E-state index in [0.29, 0.717) is 6.42 Å². The second-order valence-corrected chi connectivity index (χ2v) is 7.37. The Morgan fingerprint density at radius 1 is 0.875 bits per heavy atom. The second kappa shape index (κ2) is 8.92. The van der Waals surface area contributed by atoms with Crippen LogP contribution in [-0.2, 0) is 22.9 Å². The number of aryl methyl sites for hydroxylation is 1. The number of benzene rings is 2. The lowest BCUT2D eigenvalue weighted by molar-refractivity contribution is 0.284. The van der Waals surface area contributed by atoms with Crippen molar-refractivity contribution in [2.75, 3.05) is 13.2 Å². The topological polar surface area (TPSA) is 66.4 Å². The molecule has 2 rings (SSSR count). The number of hydrogen-bond donors (Lipinski definition) is 2. The molecule has 4 nitrogen and oxygen atoms in total. The van der Waals surface area contributed by atoms with Gasteiger partial charge in [0.15, 0.2) is 0 Å². The average Bonchev–Trinajstić information content (AvgIpc) is 2.57. The van der Waals surface area contributed by atoms with Gasteiger partial charge in [-0.1, -0.05) is 24.3 Å². The van der Waals surface area contributed by atoms with Gasteiger partial charge in [0.1, 0.15) is 5.82 Å². The normalized spacial score (nSPS) is 11.6. The van der Waals surface area contributed by atoms with Crippen molar-refractivity contribution < 1.29 is 17.9 Å². The van der Waals surface area contributed by atoms with Crippen molar-refractivity contribution >= 4 is 10.0 Å². The van der Waals surface area contributed by atoms with Crippen molar-refractivity contribution in [3.05, 3.63) is 65.5 Å².